The zero-order valence-electron chi connectivity index (χ0n) is 18.5. The van der Waals surface area contributed by atoms with Crippen LogP contribution in [0.15, 0.2) is 59.3 Å². The average molecular weight is 418 g/mol. The Morgan fingerprint density at radius 3 is 2.13 bits per heavy atom. The number of nitrogens with one attached hydrogen (secondary N) is 1. The Morgan fingerprint density at radius 2 is 1.57 bits per heavy atom. The van der Waals surface area contributed by atoms with E-state index in [4.69, 9.17) is 0 Å². The van der Waals surface area contributed by atoms with Crippen molar-refractivity contribution in [3.05, 3.63) is 59.3 Å². The monoisotopic (exact) mass is 417 g/mol. The molecule has 0 saturated carbocycles. The maximum Gasteiger partial charge on any atom is 0.249 e. The minimum Gasteiger partial charge on any atom is -0.389 e. The van der Waals surface area contributed by atoms with Crippen LogP contribution in [0, 0.1) is 5.92 Å². The number of aliphatic hydroxyl groups excluding tert-OH is 3. The van der Waals surface area contributed by atoms with Gasteiger partial charge in [-0.05, 0) is 46.1 Å². The van der Waals surface area contributed by atoms with Gasteiger partial charge in [-0.2, -0.15) is 0 Å². The van der Waals surface area contributed by atoms with Crippen molar-refractivity contribution >= 4 is 11.7 Å². The molecule has 0 spiro atoms. The van der Waals surface area contributed by atoms with E-state index in [1.54, 1.807) is 50.3 Å². The first kappa shape index (κ1) is 25.8. The molecule has 0 aromatic heterocycles. The van der Waals surface area contributed by atoms with Crippen LogP contribution >= 0.6 is 0 Å². The van der Waals surface area contributed by atoms with Crippen LogP contribution in [0.4, 0.5) is 0 Å². The SMILES string of the molecule is CC1=C/C[C@H](O)/C=C\C(C)=C/[C@@H](NC(=O)C(C)O)[C@H](C)C(=O)/C(C)=C\C[C@H](O)/C=C\1. The van der Waals surface area contributed by atoms with E-state index in [2.05, 4.69) is 5.32 Å². The maximum absolute atomic E-state index is 12.9. The largest absolute Gasteiger partial charge is 0.389 e. The summed E-state index contributed by atoms with van der Waals surface area (Å²) in [5, 5.41) is 32.6. The van der Waals surface area contributed by atoms with Crippen molar-refractivity contribution in [3.63, 3.8) is 0 Å². The fraction of sp³-hybridized carbons (Fsp3) is 0.500. The van der Waals surface area contributed by atoms with E-state index in [1.165, 1.54) is 6.92 Å². The molecule has 0 radical (unpaired) electrons. The second-order valence-corrected chi connectivity index (χ2v) is 7.93. The van der Waals surface area contributed by atoms with Gasteiger partial charge < -0.3 is 20.6 Å². The van der Waals surface area contributed by atoms with Gasteiger partial charge in [0, 0.05) is 5.92 Å². The summed E-state index contributed by atoms with van der Waals surface area (Å²) in [5.41, 5.74) is 2.19. The van der Waals surface area contributed by atoms with Crippen molar-refractivity contribution < 1.29 is 24.9 Å². The van der Waals surface area contributed by atoms with Crippen LogP contribution in [-0.2, 0) is 9.59 Å². The van der Waals surface area contributed by atoms with Crippen LogP contribution < -0.4 is 5.32 Å². The van der Waals surface area contributed by atoms with E-state index in [1.807, 2.05) is 19.9 Å². The molecule has 0 aliphatic heterocycles. The molecule has 0 heterocycles. The molecule has 0 aromatic carbocycles. The normalized spacial score (nSPS) is 35.5. The molecule has 0 saturated heterocycles. The lowest BCUT2D eigenvalue weighted by molar-refractivity contribution is -0.129. The first-order chi connectivity index (χ1) is 14.0. The quantitative estimate of drug-likeness (QED) is 0.552. The number of ketones is 1. The highest BCUT2D eigenvalue weighted by molar-refractivity contribution is 5.97. The number of allylic oxidation sites excluding steroid dienone is 5. The summed E-state index contributed by atoms with van der Waals surface area (Å²) in [7, 11) is 0. The van der Waals surface area contributed by atoms with E-state index in [-0.39, 0.29) is 12.2 Å². The molecular weight excluding hydrogens is 382 g/mol. The Morgan fingerprint density at radius 1 is 1.03 bits per heavy atom. The molecule has 1 amide bonds. The van der Waals surface area contributed by atoms with Crippen LogP contribution in [0.1, 0.15) is 47.5 Å². The van der Waals surface area contributed by atoms with E-state index < -0.39 is 36.2 Å². The van der Waals surface area contributed by atoms with Crippen LogP contribution in [-0.4, -0.2) is 51.4 Å². The highest BCUT2D eigenvalue weighted by Crippen LogP contribution is 2.16. The number of rotatable bonds is 2. The molecule has 4 N–H and O–H groups in total. The Labute approximate surface area is 179 Å². The number of amides is 1. The standard InChI is InChI=1S/C24H35NO5/c1-15-6-10-20(27)12-8-16(2)14-22(25-24(30)19(5)26)18(4)23(29)17(3)9-13-21(28)11-7-15/h6-9,11-12,14,18-22,26-28H,10,13H2,1-5H3,(H,25,30)/b11-7-,12-8-,15-6-,16-14-,17-9-/t18-,19?,20-,21+,22+/m0/s1. The van der Waals surface area contributed by atoms with E-state index in [9.17, 15) is 24.9 Å². The van der Waals surface area contributed by atoms with Gasteiger partial charge in [-0.25, -0.2) is 0 Å². The van der Waals surface area contributed by atoms with Crippen molar-refractivity contribution in [2.75, 3.05) is 0 Å². The highest BCUT2D eigenvalue weighted by atomic mass is 16.3. The minimum atomic E-state index is -1.20. The predicted molar refractivity (Wildman–Crippen MR) is 119 cm³/mol. The molecule has 1 aliphatic carbocycles. The lowest BCUT2D eigenvalue weighted by Crippen LogP contribution is -2.45. The van der Waals surface area contributed by atoms with Crippen molar-refractivity contribution in [3.8, 4) is 0 Å². The van der Waals surface area contributed by atoms with Gasteiger partial charge >= 0.3 is 0 Å². The van der Waals surface area contributed by atoms with Crippen molar-refractivity contribution in [1.29, 1.82) is 0 Å². The van der Waals surface area contributed by atoms with Gasteiger partial charge in [0.15, 0.2) is 5.78 Å². The van der Waals surface area contributed by atoms with Gasteiger partial charge in [-0.3, -0.25) is 9.59 Å². The molecule has 1 rings (SSSR count). The zero-order chi connectivity index (χ0) is 22.8. The Kier molecular flexibility index (Phi) is 10.7. The second kappa shape index (κ2) is 12.4. The molecule has 6 heteroatoms. The van der Waals surface area contributed by atoms with Crippen LogP contribution in [0.2, 0.25) is 0 Å². The molecule has 30 heavy (non-hydrogen) atoms. The molecule has 0 bridgehead atoms. The maximum atomic E-state index is 12.9. The van der Waals surface area contributed by atoms with Gasteiger partial charge in [0.1, 0.15) is 6.10 Å². The van der Waals surface area contributed by atoms with Crippen molar-refractivity contribution in [2.24, 2.45) is 5.92 Å². The lowest BCUT2D eigenvalue weighted by atomic mass is 9.90. The minimum absolute atomic E-state index is 0.157. The summed E-state index contributed by atoms with van der Waals surface area (Å²) in [4.78, 5) is 24.9. The van der Waals surface area contributed by atoms with Gasteiger partial charge in [0.2, 0.25) is 5.91 Å². The first-order valence-corrected chi connectivity index (χ1v) is 10.3. The molecule has 0 fully saturated rings. The molecule has 5 atom stereocenters. The van der Waals surface area contributed by atoms with Crippen molar-refractivity contribution in [2.45, 2.75) is 71.8 Å². The summed E-state index contributed by atoms with van der Waals surface area (Å²) in [6, 6.07) is -0.632. The molecule has 1 aliphatic rings. The first-order valence-electron chi connectivity index (χ1n) is 10.3. The van der Waals surface area contributed by atoms with Crippen LogP contribution in [0.25, 0.3) is 0 Å². The average Bonchev–Trinajstić information content (AvgIpc) is 2.70. The topological polar surface area (TPSA) is 107 Å². The summed E-state index contributed by atoms with van der Waals surface area (Å²) < 4.78 is 0. The number of Topliss-reactive ketones (excluding diaryl/α,β-unsaturated/α-hetero) is 1. The van der Waals surface area contributed by atoms with E-state index in [0.717, 1.165) is 11.1 Å². The molecule has 0 aromatic rings. The number of aliphatic hydroxyl groups is 3. The van der Waals surface area contributed by atoms with Gasteiger partial charge in [-0.15, -0.1) is 0 Å². The number of hydrogen-bond donors (Lipinski definition) is 4. The van der Waals surface area contributed by atoms with Crippen LogP contribution in [0.3, 0.4) is 0 Å². The number of carbonyl (C=O) groups is 2. The molecule has 6 nitrogen and oxygen atoms in total. The Balaban J connectivity index is 3.30. The Hall–Kier alpha value is -2.28. The summed E-state index contributed by atoms with van der Waals surface area (Å²) in [5.74, 6) is -1.30. The highest BCUT2D eigenvalue weighted by Gasteiger charge is 2.26. The zero-order valence-corrected chi connectivity index (χ0v) is 18.5. The van der Waals surface area contributed by atoms with Gasteiger partial charge in [0.25, 0.3) is 0 Å². The van der Waals surface area contributed by atoms with E-state index in [0.29, 0.717) is 12.0 Å². The third-order valence-electron chi connectivity index (χ3n) is 4.98. The smallest absolute Gasteiger partial charge is 0.249 e. The summed E-state index contributed by atoms with van der Waals surface area (Å²) in [6.07, 6.45) is 10.2. The fourth-order valence-electron chi connectivity index (χ4n) is 2.91. The molecule has 1 unspecified atom stereocenters. The third-order valence-corrected chi connectivity index (χ3v) is 4.98. The Bertz CT molecular complexity index is 758. The lowest BCUT2D eigenvalue weighted by Gasteiger charge is -2.23. The van der Waals surface area contributed by atoms with E-state index >= 15 is 0 Å². The number of carbonyl (C=O) groups excluding carboxylic acids is 2. The van der Waals surface area contributed by atoms with Crippen LogP contribution in [0.5, 0.6) is 0 Å². The second-order valence-electron chi connectivity index (χ2n) is 7.93. The summed E-state index contributed by atoms with van der Waals surface area (Å²) in [6.45, 7) is 8.48. The molecular formula is C24H35NO5. The number of hydrogen-bond acceptors (Lipinski definition) is 5. The van der Waals surface area contributed by atoms with Gasteiger partial charge in [-0.1, -0.05) is 60.6 Å². The molecule has 166 valence electrons. The van der Waals surface area contributed by atoms with Crippen molar-refractivity contribution in [1.82, 2.24) is 5.32 Å². The fourth-order valence-corrected chi connectivity index (χ4v) is 2.91. The summed E-state index contributed by atoms with van der Waals surface area (Å²) >= 11 is 0. The third kappa shape index (κ3) is 9.03. The predicted octanol–water partition coefficient (Wildman–Crippen LogP) is 2.52. The van der Waals surface area contributed by atoms with Gasteiger partial charge in [0.05, 0.1) is 18.2 Å².